The van der Waals surface area contributed by atoms with Crippen molar-refractivity contribution in [3.8, 4) is 16.8 Å². The Labute approximate surface area is 157 Å². The van der Waals surface area contributed by atoms with Gasteiger partial charge in [-0.1, -0.05) is 18.2 Å². The average Bonchev–Trinajstić information content (AvgIpc) is 3.17. The maximum Gasteiger partial charge on any atom is 0.251 e. The Morgan fingerprint density at radius 2 is 1.81 bits per heavy atom. The summed E-state index contributed by atoms with van der Waals surface area (Å²) in [5.41, 5.74) is 4.62. The molecular weight excluding hydrogens is 336 g/mol. The summed E-state index contributed by atoms with van der Waals surface area (Å²) in [6.45, 7) is 3.89. The molecule has 0 aliphatic heterocycles. The number of benzene rings is 2. The summed E-state index contributed by atoms with van der Waals surface area (Å²) < 4.78 is 1.81. The second-order valence-corrected chi connectivity index (χ2v) is 6.72. The number of hydrogen-bond acceptors (Lipinski definition) is 3. The number of aromatic nitrogens is 3. The molecule has 0 saturated carbocycles. The van der Waals surface area contributed by atoms with Crippen molar-refractivity contribution >= 4 is 16.8 Å². The van der Waals surface area contributed by atoms with E-state index in [-0.39, 0.29) is 11.9 Å². The van der Waals surface area contributed by atoms with E-state index < -0.39 is 0 Å². The second kappa shape index (κ2) is 7.03. The molecule has 27 heavy (non-hydrogen) atoms. The normalized spacial score (nSPS) is 11.1. The molecule has 0 fully saturated rings. The number of para-hydroxylation sites is 1. The van der Waals surface area contributed by atoms with Gasteiger partial charge in [-0.25, -0.2) is 4.68 Å². The molecule has 5 nitrogen and oxygen atoms in total. The molecule has 0 aliphatic rings. The van der Waals surface area contributed by atoms with Crippen LogP contribution in [0.2, 0.25) is 0 Å². The van der Waals surface area contributed by atoms with Gasteiger partial charge in [0.1, 0.15) is 0 Å². The van der Waals surface area contributed by atoms with Crippen LogP contribution in [0.5, 0.6) is 0 Å². The van der Waals surface area contributed by atoms with Gasteiger partial charge < -0.3 is 5.32 Å². The molecule has 0 aliphatic carbocycles. The van der Waals surface area contributed by atoms with E-state index in [2.05, 4.69) is 21.5 Å². The van der Waals surface area contributed by atoms with Crippen molar-refractivity contribution in [1.82, 2.24) is 20.1 Å². The third-order valence-electron chi connectivity index (χ3n) is 4.36. The highest BCUT2D eigenvalue weighted by molar-refractivity contribution is 5.95. The van der Waals surface area contributed by atoms with Crippen LogP contribution in [0.15, 0.2) is 73.2 Å². The lowest BCUT2D eigenvalue weighted by Gasteiger charge is -2.09. The Balaban J connectivity index is 1.64. The molecule has 2 aromatic heterocycles. The van der Waals surface area contributed by atoms with Gasteiger partial charge in [-0.2, -0.15) is 5.10 Å². The largest absolute Gasteiger partial charge is 0.350 e. The summed E-state index contributed by atoms with van der Waals surface area (Å²) in [4.78, 5) is 16.5. The van der Waals surface area contributed by atoms with Crippen LogP contribution in [-0.2, 0) is 0 Å². The van der Waals surface area contributed by atoms with Crippen LogP contribution in [0.3, 0.4) is 0 Å². The minimum Gasteiger partial charge on any atom is -0.350 e. The van der Waals surface area contributed by atoms with Crippen molar-refractivity contribution < 1.29 is 4.79 Å². The predicted molar refractivity (Wildman–Crippen MR) is 107 cm³/mol. The highest BCUT2D eigenvalue weighted by Gasteiger charge is 2.09. The molecule has 0 bridgehead atoms. The Morgan fingerprint density at radius 3 is 2.59 bits per heavy atom. The first kappa shape index (κ1) is 17.0. The Bertz CT molecular complexity index is 1090. The van der Waals surface area contributed by atoms with E-state index in [1.165, 1.54) is 0 Å². The standard InChI is InChI=1S/C22H20N4O/c1-15(2)25-22(27)16-7-9-18(10-8-16)26-14-17(13-24-26)19-11-12-23-21-6-4-3-5-20(19)21/h3-15H,1-2H3,(H,25,27). The van der Waals surface area contributed by atoms with Crippen molar-refractivity contribution in [2.24, 2.45) is 0 Å². The summed E-state index contributed by atoms with van der Waals surface area (Å²) in [5, 5.41) is 8.48. The number of nitrogens with zero attached hydrogens (tertiary/aromatic N) is 3. The lowest BCUT2D eigenvalue weighted by molar-refractivity contribution is 0.0943. The van der Waals surface area contributed by atoms with E-state index in [0.29, 0.717) is 5.56 Å². The molecule has 4 aromatic rings. The van der Waals surface area contributed by atoms with E-state index in [0.717, 1.165) is 27.7 Å². The first-order valence-electron chi connectivity index (χ1n) is 8.92. The first-order chi connectivity index (χ1) is 13.1. The summed E-state index contributed by atoms with van der Waals surface area (Å²) in [6.07, 6.45) is 5.66. The highest BCUT2D eigenvalue weighted by atomic mass is 16.1. The van der Waals surface area contributed by atoms with Crippen LogP contribution >= 0.6 is 0 Å². The van der Waals surface area contributed by atoms with Crippen LogP contribution in [0.25, 0.3) is 27.7 Å². The number of pyridine rings is 1. The van der Waals surface area contributed by atoms with Crippen molar-refractivity contribution in [2.75, 3.05) is 0 Å². The fourth-order valence-electron chi connectivity index (χ4n) is 3.06. The quantitative estimate of drug-likeness (QED) is 0.595. The Morgan fingerprint density at radius 1 is 1.04 bits per heavy atom. The van der Waals surface area contributed by atoms with Gasteiger partial charge in [0.2, 0.25) is 0 Å². The maximum atomic E-state index is 12.1. The fraction of sp³-hybridized carbons (Fsp3) is 0.136. The Kier molecular flexibility index (Phi) is 4.42. The van der Waals surface area contributed by atoms with Crippen LogP contribution in [0, 0.1) is 0 Å². The minimum absolute atomic E-state index is 0.0686. The zero-order valence-corrected chi connectivity index (χ0v) is 15.3. The lowest BCUT2D eigenvalue weighted by atomic mass is 10.0. The number of carbonyl (C=O) groups excluding carboxylic acids is 1. The number of rotatable bonds is 4. The van der Waals surface area contributed by atoms with Gasteiger partial charge in [0.15, 0.2) is 0 Å². The SMILES string of the molecule is CC(C)NC(=O)c1ccc(-n2cc(-c3ccnc4ccccc34)cn2)cc1. The monoisotopic (exact) mass is 356 g/mol. The number of nitrogens with one attached hydrogen (secondary N) is 1. The molecule has 2 aromatic carbocycles. The van der Waals surface area contributed by atoms with Crippen LogP contribution < -0.4 is 5.32 Å². The molecule has 0 spiro atoms. The molecular formula is C22H20N4O. The van der Waals surface area contributed by atoms with Crippen LogP contribution in [0.1, 0.15) is 24.2 Å². The first-order valence-corrected chi connectivity index (χ1v) is 8.92. The van der Waals surface area contributed by atoms with E-state index in [1.54, 1.807) is 0 Å². The zero-order chi connectivity index (χ0) is 18.8. The number of carbonyl (C=O) groups is 1. The molecule has 1 amide bonds. The molecule has 1 N–H and O–H groups in total. The molecule has 0 radical (unpaired) electrons. The molecule has 0 saturated heterocycles. The minimum atomic E-state index is -0.0686. The molecule has 2 heterocycles. The average molecular weight is 356 g/mol. The van der Waals surface area contributed by atoms with E-state index >= 15 is 0 Å². The Hall–Kier alpha value is -3.47. The molecule has 4 rings (SSSR count). The van der Waals surface area contributed by atoms with Crippen molar-refractivity contribution in [1.29, 1.82) is 0 Å². The third kappa shape index (κ3) is 3.44. The fourth-order valence-corrected chi connectivity index (χ4v) is 3.06. The summed E-state index contributed by atoms with van der Waals surface area (Å²) in [5.74, 6) is -0.0686. The van der Waals surface area contributed by atoms with E-state index in [4.69, 9.17) is 0 Å². The lowest BCUT2D eigenvalue weighted by Crippen LogP contribution is -2.29. The topological polar surface area (TPSA) is 59.8 Å². The van der Waals surface area contributed by atoms with E-state index in [9.17, 15) is 4.79 Å². The summed E-state index contributed by atoms with van der Waals surface area (Å²) in [6, 6.07) is 17.6. The molecule has 134 valence electrons. The molecule has 0 unspecified atom stereocenters. The van der Waals surface area contributed by atoms with E-state index in [1.807, 2.05) is 85.7 Å². The predicted octanol–water partition coefficient (Wildman–Crippen LogP) is 4.23. The summed E-state index contributed by atoms with van der Waals surface area (Å²) >= 11 is 0. The van der Waals surface area contributed by atoms with Crippen LogP contribution in [-0.4, -0.2) is 26.7 Å². The van der Waals surface area contributed by atoms with Gasteiger partial charge in [-0.05, 0) is 55.8 Å². The second-order valence-electron chi connectivity index (χ2n) is 6.72. The number of hydrogen-bond donors (Lipinski definition) is 1. The maximum absolute atomic E-state index is 12.1. The third-order valence-corrected chi connectivity index (χ3v) is 4.36. The van der Waals surface area contributed by atoms with Crippen molar-refractivity contribution in [2.45, 2.75) is 19.9 Å². The van der Waals surface area contributed by atoms with Gasteiger partial charge in [-0.3, -0.25) is 9.78 Å². The van der Waals surface area contributed by atoms with Gasteiger partial charge in [0.25, 0.3) is 5.91 Å². The molecule has 5 heteroatoms. The van der Waals surface area contributed by atoms with Gasteiger partial charge in [0.05, 0.1) is 17.4 Å². The summed E-state index contributed by atoms with van der Waals surface area (Å²) in [7, 11) is 0. The highest BCUT2D eigenvalue weighted by Crippen LogP contribution is 2.27. The molecule has 0 atom stereocenters. The van der Waals surface area contributed by atoms with Crippen molar-refractivity contribution in [3.05, 3.63) is 78.8 Å². The van der Waals surface area contributed by atoms with Crippen molar-refractivity contribution in [3.63, 3.8) is 0 Å². The zero-order valence-electron chi connectivity index (χ0n) is 15.3. The van der Waals surface area contributed by atoms with Gasteiger partial charge >= 0.3 is 0 Å². The van der Waals surface area contributed by atoms with Gasteiger partial charge in [-0.15, -0.1) is 0 Å². The number of fused-ring (bicyclic) bond motifs is 1. The number of amides is 1. The van der Waals surface area contributed by atoms with Gasteiger partial charge in [0, 0.05) is 34.9 Å². The van der Waals surface area contributed by atoms with Crippen LogP contribution in [0.4, 0.5) is 0 Å². The smallest absolute Gasteiger partial charge is 0.251 e.